The molecule has 2 atom stereocenters. The number of aromatic nitrogens is 2. The molecule has 5 rings (SSSR count). The van der Waals surface area contributed by atoms with Gasteiger partial charge in [0.1, 0.15) is 29.2 Å². The number of fused-ring (bicyclic) bond motifs is 2. The largest absolute Gasteiger partial charge is 0.496 e. The third kappa shape index (κ3) is 4.90. The highest BCUT2D eigenvalue weighted by Crippen LogP contribution is 2.35. The van der Waals surface area contributed by atoms with Gasteiger partial charge in [-0.1, -0.05) is 36.4 Å². The topological polar surface area (TPSA) is 103 Å². The molecule has 8 nitrogen and oxygen atoms in total. The second-order valence-electron chi connectivity index (χ2n) is 9.37. The summed E-state index contributed by atoms with van der Waals surface area (Å²) < 4.78 is 19.2. The van der Waals surface area contributed by atoms with Gasteiger partial charge in [0.05, 0.1) is 32.4 Å². The fourth-order valence-corrected chi connectivity index (χ4v) is 5.12. The molecule has 0 aliphatic heterocycles. The normalized spacial score (nSPS) is 14.9. The van der Waals surface area contributed by atoms with Gasteiger partial charge in [0, 0.05) is 17.1 Å². The molecule has 3 aromatic carbocycles. The molecule has 0 amide bonds. The Morgan fingerprint density at radius 1 is 1.05 bits per heavy atom. The summed E-state index contributed by atoms with van der Waals surface area (Å²) in [6.45, 7) is 2.12. The zero-order valence-corrected chi connectivity index (χ0v) is 21.0. The van der Waals surface area contributed by atoms with E-state index in [4.69, 9.17) is 14.2 Å². The molecule has 1 aliphatic carbocycles. The van der Waals surface area contributed by atoms with Crippen molar-refractivity contribution in [2.75, 3.05) is 14.2 Å². The minimum Gasteiger partial charge on any atom is -0.496 e. The van der Waals surface area contributed by atoms with E-state index in [1.165, 1.54) is 17.2 Å². The molecule has 0 unspecified atom stereocenters. The van der Waals surface area contributed by atoms with Gasteiger partial charge in [-0.05, 0) is 54.7 Å². The molecule has 0 spiro atoms. The summed E-state index contributed by atoms with van der Waals surface area (Å²) in [7, 11) is 3.16. The smallest absolute Gasteiger partial charge is 0.337 e. The molecular weight excluding hydrogens is 472 g/mol. The van der Waals surface area contributed by atoms with Crippen LogP contribution in [0.3, 0.4) is 0 Å². The molecule has 1 heterocycles. The summed E-state index contributed by atoms with van der Waals surface area (Å²) in [5.74, 6) is 0.180. The second-order valence-corrected chi connectivity index (χ2v) is 9.37. The maximum absolute atomic E-state index is 11.7. The Bertz CT molecular complexity index is 1400. The Labute approximate surface area is 215 Å². The molecule has 37 heavy (non-hydrogen) atoms. The van der Waals surface area contributed by atoms with Gasteiger partial charge in [0.2, 0.25) is 0 Å². The number of ether oxygens (including phenoxy) is 3. The van der Waals surface area contributed by atoms with Crippen LogP contribution in [0, 0.1) is 6.92 Å². The van der Waals surface area contributed by atoms with Gasteiger partial charge in [-0.3, -0.25) is 4.68 Å². The van der Waals surface area contributed by atoms with Gasteiger partial charge in [0.25, 0.3) is 0 Å². The van der Waals surface area contributed by atoms with E-state index in [0.717, 1.165) is 18.4 Å². The Kier molecular flexibility index (Phi) is 6.86. The lowest BCUT2D eigenvalue weighted by Gasteiger charge is -2.27. The molecule has 0 saturated carbocycles. The van der Waals surface area contributed by atoms with Crippen LogP contribution in [-0.2, 0) is 24.1 Å². The number of rotatable bonds is 9. The number of hydrogen-bond donors (Lipinski definition) is 2. The average Bonchev–Trinajstić information content (AvgIpc) is 3.50. The van der Waals surface area contributed by atoms with E-state index in [9.17, 15) is 15.0 Å². The lowest BCUT2D eigenvalue weighted by atomic mass is 10.0. The van der Waals surface area contributed by atoms with E-state index < -0.39 is 18.2 Å². The number of carboxylic acids is 1. The predicted molar refractivity (Wildman–Crippen MR) is 138 cm³/mol. The number of carboxylic acid groups (broad SMARTS) is 1. The highest BCUT2D eigenvalue weighted by molar-refractivity contribution is 6.01. The van der Waals surface area contributed by atoms with Crippen LogP contribution in [0.15, 0.2) is 60.8 Å². The lowest BCUT2D eigenvalue weighted by molar-refractivity contribution is -0.0835. The van der Waals surface area contributed by atoms with Gasteiger partial charge >= 0.3 is 5.97 Å². The first-order valence-electron chi connectivity index (χ1n) is 12.2. The molecule has 0 fully saturated rings. The molecular formula is C29H30N2O6. The number of benzene rings is 3. The summed E-state index contributed by atoms with van der Waals surface area (Å²) >= 11 is 0. The van der Waals surface area contributed by atoms with Crippen molar-refractivity contribution in [3.05, 3.63) is 88.6 Å². The molecule has 0 radical (unpaired) electrons. The van der Waals surface area contributed by atoms with Gasteiger partial charge in [-0.15, -0.1) is 0 Å². The fourth-order valence-electron chi connectivity index (χ4n) is 5.12. The number of nitrogens with zero attached hydrogens (tertiary/aromatic N) is 2. The van der Waals surface area contributed by atoms with Gasteiger partial charge in [-0.25, -0.2) is 4.79 Å². The second kappa shape index (κ2) is 10.2. The number of aromatic carboxylic acids is 1. The summed E-state index contributed by atoms with van der Waals surface area (Å²) in [6, 6.07) is 16.9. The summed E-state index contributed by atoms with van der Waals surface area (Å²) in [6.07, 6.45) is 1.50. The minimum atomic E-state index is -1.04. The highest BCUT2D eigenvalue weighted by Gasteiger charge is 2.31. The van der Waals surface area contributed by atoms with Gasteiger partial charge in [0.15, 0.2) is 0 Å². The third-order valence-electron chi connectivity index (χ3n) is 7.03. The number of aliphatic hydroxyl groups excluding tert-OH is 1. The molecule has 1 aromatic heterocycles. The number of carbonyl (C=O) groups is 1. The minimum absolute atomic E-state index is 0.106. The van der Waals surface area contributed by atoms with Crippen LogP contribution in [0.1, 0.15) is 38.7 Å². The summed E-state index contributed by atoms with van der Waals surface area (Å²) in [4.78, 5) is 11.7. The third-order valence-corrected chi connectivity index (χ3v) is 7.03. The Hall–Kier alpha value is -3.88. The first-order chi connectivity index (χ1) is 17.9. The molecule has 1 aliphatic rings. The summed E-state index contributed by atoms with van der Waals surface area (Å²) in [5, 5.41) is 26.4. The first kappa shape index (κ1) is 24.8. The van der Waals surface area contributed by atoms with E-state index in [1.54, 1.807) is 43.3 Å². The maximum atomic E-state index is 11.7. The van der Waals surface area contributed by atoms with Crippen molar-refractivity contribution >= 4 is 16.9 Å². The van der Waals surface area contributed by atoms with Gasteiger partial charge in [-0.2, -0.15) is 5.10 Å². The number of aliphatic hydroxyl groups is 1. The molecule has 2 N–H and O–H groups in total. The van der Waals surface area contributed by atoms with Crippen molar-refractivity contribution < 1.29 is 29.2 Å². The Balaban J connectivity index is 1.49. The van der Waals surface area contributed by atoms with E-state index in [1.807, 2.05) is 25.1 Å². The van der Waals surface area contributed by atoms with E-state index >= 15 is 0 Å². The van der Waals surface area contributed by atoms with Crippen molar-refractivity contribution in [1.29, 1.82) is 0 Å². The van der Waals surface area contributed by atoms with Crippen LogP contribution in [0.5, 0.6) is 11.5 Å². The monoisotopic (exact) mass is 502 g/mol. The van der Waals surface area contributed by atoms with E-state index in [0.29, 0.717) is 28.0 Å². The van der Waals surface area contributed by atoms with Crippen molar-refractivity contribution in [2.45, 2.75) is 44.6 Å². The summed E-state index contributed by atoms with van der Waals surface area (Å²) in [5.41, 5.74) is 4.46. The number of hydrogen-bond acceptors (Lipinski definition) is 6. The maximum Gasteiger partial charge on any atom is 0.337 e. The van der Waals surface area contributed by atoms with Crippen molar-refractivity contribution in [2.24, 2.45) is 0 Å². The molecule has 192 valence electrons. The standard InChI is InChI=1S/C29H30N2O6/c1-17-24(35-2)13-21(14-25(17)36-3)28(32)26(37-22-11-18-7-4-5-8-19(18)12-22)16-31-15-20-9-6-10-23(29(33)34)27(20)30-31/h4-10,13-15,22,26,28,32H,11-12,16H2,1-3H3,(H,33,34)/t26-,28+/m0/s1. The quantitative estimate of drug-likeness (QED) is 0.351. The SMILES string of the molecule is COc1cc([C@@H](O)[C@H](Cn2cc3cccc(C(=O)O)c3n2)OC2Cc3ccccc3C2)cc(OC)c1C. The van der Waals surface area contributed by atoms with Crippen molar-refractivity contribution in [1.82, 2.24) is 9.78 Å². The van der Waals surface area contributed by atoms with Crippen molar-refractivity contribution in [3.63, 3.8) is 0 Å². The highest BCUT2D eigenvalue weighted by atomic mass is 16.5. The van der Waals surface area contributed by atoms with Crippen molar-refractivity contribution in [3.8, 4) is 11.5 Å². The fraction of sp³-hybridized carbons (Fsp3) is 0.310. The molecule has 0 saturated heterocycles. The van der Waals surface area contributed by atoms with Crippen LogP contribution in [0.25, 0.3) is 10.9 Å². The lowest BCUT2D eigenvalue weighted by Crippen LogP contribution is -2.32. The van der Waals surface area contributed by atoms with E-state index in [2.05, 4.69) is 17.2 Å². The molecule has 8 heteroatoms. The Morgan fingerprint density at radius 3 is 2.30 bits per heavy atom. The molecule has 4 aromatic rings. The zero-order chi connectivity index (χ0) is 26.1. The van der Waals surface area contributed by atoms with Crippen LogP contribution < -0.4 is 9.47 Å². The van der Waals surface area contributed by atoms with E-state index in [-0.39, 0.29) is 18.2 Å². The average molecular weight is 503 g/mol. The number of methoxy groups -OCH3 is 2. The van der Waals surface area contributed by atoms with Crippen LogP contribution in [-0.4, -0.2) is 52.4 Å². The van der Waals surface area contributed by atoms with Crippen LogP contribution in [0.4, 0.5) is 0 Å². The Morgan fingerprint density at radius 2 is 1.70 bits per heavy atom. The predicted octanol–water partition coefficient (Wildman–Crippen LogP) is 4.35. The van der Waals surface area contributed by atoms with Gasteiger partial charge < -0.3 is 24.4 Å². The van der Waals surface area contributed by atoms with Crippen LogP contribution in [0.2, 0.25) is 0 Å². The molecule has 0 bridgehead atoms. The first-order valence-corrected chi connectivity index (χ1v) is 12.2. The van der Waals surface area contributed by atoms with Crippen LogP contribution >= 0.6 is 0 Å². The zero-order valence-electron chi connectivity index (χ0n) is 21.0.